The van der Waals surface area contributed by atoms with Crippen molar-refractivity contribution in [2.45, 2.75) is 31.1 Å². The summed E-state index contributed by atoms with van der Waals surface area (Å²) in [6, 6.07) is 9.41. The molecule has 1 saturated carbocycles. The van der Waals surface area contributed by atoms with Gasteiger partial charge in [0.2, 0.25) is 5.56 Å². The molecule has 5 heteroatoms. The van der Waals surface area contributed by atoms with Crippen LogP contribution < -0.4 is 10.9 Å². The highest BCUT2D eigenvalue weighted by Gasteiger charge is 2.35. The molecule has 120 valence electrons. The average Bonchev–Trinajstić information content (AvgIpc) is 3.04. The molecule has 3 rings (SSSR count). The van der Waals surface area contributed by atoms with Gasteiger partial charge in [0.1, 0.15) is 5.82 Å². The molecule has 0 radical (unpaired) electrons. The number of carbonyl (C=O) groups excluding carboxylic acids is 1. The molecular weight excluding hydrogens is 295 g/mol. The summed E-state index contributed by atoms with van der Waals surface area (Å²) in [7, 11) is 0. The van der Waals surface area contributed by atoms with Crippen LogP contribution in [-0.4, -0.2) is 17.4 Å². The van der Waals surface area contributed by atoms with Gasteiger partial charge < -0.3 is 10.3 Å². The van der Waals surface area contributed by atoms with Crippen LogP contribution >= 0.6 is 0 Å². The van der Waals surface area contributed by atoms with E-state index >= 15 is 0 Å². The molecule has 1 aromatic carbocycles. The van der Waals surface area contributed by atoms with Crippen molar-refractivity contribution in [2.24, 2.45) is 0 Å². The maximum atomic E-state index is 13.2. The van der Waals surface area contributed by atoms with Crippen molar-refractivity contribution < 1.29 is 9.18 Å². The largest absolute Gasteiger partial charge is 0.351 e. The maximum Gasteiger partial charge on any atom is 0.252 e. The lowest BCUT2D eigenvalue weighted by Crippen LogP contribution is -2.39. The second-order valence-electron chi connectivity index (χ2n) is 6.12. The highest BCUT2D eigenvalue weighted by molar-refractivity contribution is 5.93. The number of hydrogen-bond donors (Lipinski definition) is 2. The van der Waals surface area contributed by atoms with Crippen molar-refractivity contribution in [3.63, 3.8) is 0 Å². The van der Waals surface area contributed by atoms with Crippen LogP contribution in [0.1, 0.15) is 41.6 Å². The van der Waals surface area contributed by atoms with E-state index in [-0.39, 0.29) is 22.7 Å². The Hall–Kier alpha value is -2.43. The van der Waals surface area contributed by atoms with E-state index in [4.69, 9.17) is 0 Å². The lowest BCUT2D eigenvalue weighted by Gasteiger charge is -2.30. The van der Waals surface area contributed by atoms with E-state index in [9.17, 15) is 14.0 Å². The minimum Gasteiger partial charge on any atom is -0.351 e. The van der Waals surface area contributed by atoms with E-state index in [0.717, 1.165) is 31.2 Å². The molecule has 0 bridgehead atoms. The van der Waals surface area contributed by atoms with Crippen molar-refractivity contribution in [2.75, 3.05) is 6.54 Å². The number of aromatic nitrogens is 1. The molecule has 0 spiro atoms. The van der Waals surface area contributed by atoms with E-state index in [1.807, 2.05) is 12.1 Å². The third-order valence-corrected chi connectivity index (χ3v) is 4.65. The van der Waals surface area contributed by atoms with Gasteiger partial charge in [-0.2, -0.15) is 0 Å². The van der Waals surface area contributed by atoms with Crippen molar-refractivity contribution in [1.29, 1.82) is 0 Å². The molecule has 4 nitrogen and oxygen atoms in total. The van der Waals surface area contributed by atoms with Gasteiger partial charge in [-0.25, -0.2) is 4.39 Å². The molecule has 1 aliphatic rings. The minimum absolute atomic E-state index is 0.133. The standard InChI is InChI=1S/C18H19FN2O2/c19-15-6-4-14(5-7-15)18(9-1-2-10-18)12-21-17(23)13-3-8-16(22)20-11-13/h3-8,11H,1-2,9-10,12H2,(H,20,22)(H,21,23). The SMILES string of the molecule is O=C(NCC1(c2ccc(F)cc2)CCCC1)c1ccc(=O)[nH]c1. The summed E-state index contributed by atoms with van der Waals surface area (Å²) in [5.41, 5.74) is 1.13. The van der Waals surface area contributed by atoms with Gasteiger partial charge in [-0.3, -0.25) is 9.59 Å². The average molecular weight is 314 g/mol. The van der Waals surface area contributed by atoms with Gasteiger partial charge in [0.15, 0.2) is 0 Å². The first-order valence-corrected chi connectivity index (χ1v) is 7.82. The van der Waals surface area contributed by atoms with Gasteiger partial charge in [0, 0.05) is 24.2 Å². The quantitative estimate of drug-likeness (QED) is 0.911. The van der Waals surface area contributed by atoms with Crippen LogP contribution in [0.4, 0.5) is 4.39 Å². The molecule has 1 aromatic heterocycles. The monoisotopic (exact) mass is 314 g/mol. The maximum absolute atomic E-state index is 13.2. The van der Waals surface area contributed by atoms with Crippen LogP contribution in [0.3, 0.4) is 0 Å². The number of nitrogens with one attached hydrogen (secondary N) is 2. The van der Waals surface area contributed by atoms with Gasteiger partial charge in [0.25, 0.3) is 5.91 Å². The number of halogens is 1. The molecule has 1 aliphatic carbocycles. The summed E-state index contributed by atoms with van der Waals surface area (Å²) in [6.45, 7) is 0.511. The zero-order valence-electron chi connectivity index (χ0n) is 12.8. The summed E-state index contributed by atoms with van der Waals surface area (Å²) in [5, 5.41) is 2.96. The second kappa shape index (κ2) is 6.36. The fourth-order valence-electron chi connectivity index (χ4n) is 3.33. The van der Waals surface area contributed by atoms with E-state index in [0.29, 0.717) is 12.1 Å². The van der Waals surface area contributed by atoms with Crippen molar-refractivity contribution in [3.05, 3.63) is 69.9 Å². The summed E-state index contributed by atoms with van der Waals surface area (Å²) < 4.78 is 13.2. The first-order chi connectivity index (χ1) is 11.1. The Morgan fingerprint density at radius 2 is 1.83 bits per heavy atom. The first kappa shape index (κ1) is 15.5. The van der Waals surface area contributed by atoms with Gasteiger partial charge in [-0.1, -0.05) is 25.0 Å². The van der Waals surface area contributed by atoms with Crippen LogP contribution in [0.5, 0.6) is 0 Å². The van der Waals surface area contributed by atoms with Crippen LogP contribution in [-0.2, 0) is 5.41 Å². The van der Waals surface area contributed by atoms with E-state index in [1.54, 1.807) is 0 Å². The van der Waals surface area contributed by atoms with Crippen LogP contribution in [0.25, 0.3) is 0 Å². The molecular formula is C18H19FN2O2. The van der Waals surface area contributed by atoms with Crippen LogP contribution in [0, 0.1) is 5.82 Å². The summed E-state index contributed by atoms with van der Waals surface area (Å²) in [5.74, 6) is -0.464. The number of amides is 1. The molecule has 2 aromatic rings. The van der Waals surface area contributed by atoms with Gasteiger partial charge in [0.05, 0.1) is 5.56 Å². The smallest absolute Gasteiger partial charge is 0.252 e. The van der Waals surface area contributed by atoms with Crippen molar-refractivity contribution in [1.82, 2.24) is 10.3 Å². The van der Waals surface area contributed by atoms with Gasteiger partial charge in [-0.15, -0.1) is 0 Å². The second-order valence-corrected chi connectivity index (χ2v) is 6.12. The Kier molecular flexibility index (Phi) is 4.28. The van der Waals surface area contributed by atoms with E-state index in [1.165, 1.54) is 30.5 Å². The fraction of sp³-hybridized carbons (Fsp3) is 0.333. The Morgan fingerprint density at radius 3 is 2.43 bits per heavy atom. The van der Waals surface area contributed by atoms with Crippen molar-refractivity contribution in [3.8, 4) is 0 Å². The molecule has 1 amide bonds. The van der Waals surface area contributed by atoms with Gasteiger partial charge >= 0.3 is 0 Å². The number of H-pyrrole nitrogens is 1. The molecule has 1 fully saturated rings. The zero-order valence-corrected chi connectivity index (χ0v) is 12.8. The third kappa shape index (κ3) is 3.33. The number of pyridine rings is 1. The Labute approximate surface area is 133 Å². The normalized spacial score (nSPS) is 16.2. The lowest BCUT2D eigenvalue weighted by molar-refractivity contribution is 0.0942. The summed E-state index contributed by atoms with van der Waals surface area (Å²) in [6.07, 6.45) is 5.57. The number of aromatic amines is 1. The number of benzene rings is 1. The number of hydrogen-bond acceptors (Lipinski definition) is 2. The third-order valence-electron chi connectivity index (χ3n) is 4.65. The van der Waals surface area contributed by atoms with Crippen LogP contribution in [0.15, 0.2) is 47.4 Å². The predicted molar refractivity (Wildman–Crippen MR) is 85.9 cm³/mol. The highest BCUT2D eigenvalue weighted by atomic mass is 19.1. The summed E-state index contributed by atoms with van der Waals surface area (Å²) >= 11 is 0. The molecule has 0 saturated heterocycles. The Balaban J connectivity index is 1.75. The zero-order chi connectivity index (χ0) is 16.3. The highest BCUT2D eigenvalue weighted by Crippen LogP contribution is 2.40. The summed E-state index contributed by atoms with van der Waals surface area (Å²) in [4.78, 5) is 25.8. The van der Waals surface area contributed by atoms with Gasteiger partial charge in [-0.05, 0) is 36.6 Å². The molecule has 1 heterocycles. The number of rotatable bonds is 4. The molecule has 2 N–H and O–H groups in total. The molecule has 0 aliphatic heterocycles. The Morgan fingerprint density at radius 1 is 1.13 bits per heavy atom. The lowest BCUT2D eigenvalue weighted by atomic mass is 9.78. The molecule has 0 unspecified atom stereocenters. The fourth-order valence-corrected chi connectivity index (χ4v) is 3.33. The molecule has 23 heavy (non-hydrogen) atoms. The van der Waals surface area contributed by atoms with E-state index in [2.05, 4.69) is 10.3 Å². The van der Waals surface area contributed by atoms with E-state index < -0.39 is 0 Å². The molecule has 0 atom stereocenters. The first-order valence-electron chi connectivity index (χ1n) is 7.82. The topological polar surface area (TPSA) is 62.0 Å². The predicted octanol–water partition coefficient (Wildman–Crippen LogP) is 2.76. The van der Waals surface area contributed by atoms with Crippen LogP contribution in [0.2, 0.25) is 0 Å². The minimum atomic E-state index is -0.251. The number of carbonyl (C=O) groups is 1. The van der Waals surface area contributed by atoms with Crippen molar-refractivity contribution >= 4 is 5.91 Å². The Bertz CT molecular complexity index is 726.